The fourth-order valence-electron chi connectivity index (χ4n) is 5.86. The lowest BCUT2D eigenvalue weighted by Crippen LogP contribution is -2.42. The molecule has 2 aromatic carbocycles. The smallest absolute Gasteiger partial charge is 0.273 e. The number of carbonyl (C=O) groups is 2. The van der Waals surface area contributed by atoms with Gasteiger partial charge in [0.15, 0.2) is 11.5 Å². The highest BCUT2D eigenvalue weighted by Crippen LogP contribution is 2.42. The third-order valence-corrected chi connectivity index (χ3v) is 8.39. The summed E-state index contributed by atoms with van der Waals surface area (Å²) in [6.07, 6.45) is 5.04. The van der Waals surface area contributed by atoms with E-state index in [1.54, 1.807) is 41.4 Å². The topological polar surface area (TPSA) is 149 Å². The fraction of sp³-hybridized carbons (Fsp3) is 0.375. The molecule has 1 aliphatic carbocycles. The van der Waals surface area contributed by atoms with Crippen LogP contribution < -0.4 is 20.7 Å². The number of rotatable bonds is 8. The van der Waals surface area contributed by atoms with Gasteiger partial charge < -0.3 is 30.3 Å². The van der Waals surface area contributed by atoms with Gasteiger partial charge in [0.2, 0.25) is 11.8 Å². The minimum Gasteiger partial charge on any atom is -0.472 e. The van der Waals surface area contributed by atoms with Crippen molar-refractivity contribution in [1.29, 1.82) is 0 Å². The van der Waals surface area contributed by atoms with Crippen molar-refractivity contribution in [2.45, 2.75) is 37.7 Å². The molecule has 7 rings (SSSR count). The Bertz CT molecular complexity index is 1740. The Hall–Kier alpha value is -4.91. The molecule has 1 saturated carbocycles. The number of fused-ring (bicyclic) bond motifs is 1. The number of aromatic nitrogens is 4. The molecule has 1 unspecified atom stereocenters. The minimum absolute atomic E-state index is 0.0695. The molecule has 2 aliphatic heterocycles. The van der Waals surface area contributed by atoms with Gasteiger partial charge in [-0.1, -0.05) is 6.07 Å². The van der Waals surface area contributed by atoms with Crippen molar-refractivity contribution >= 4 is 40.0 Å². The molecule has 2 amide bonds. The van der Waals surface area contributed by atoms with Crippen LogP contribution in [0.3, 0.4) is 0 Å². The van der Waals surface area contributed by atoms with E-state index in [4.69, 9.17) is 15.2 Å². The van der Waals surface area contributed by atoms with Crippen molar-refractivity contribution in [3.05, 3.63) is 71.3 Å². The highest BCUT2D eigenvalue weighted by molar-refractivity contribution is 5.97. The van der Waals surface area contributed by atoms with Gasteiger partial charge in [-0.15, -0.1) is 10.2 Å². The third kappa shape index (κ3) is 6.21. The molecule has 4 heterocycles. The summed E-state index contributed by atoms with van der Waals surface area (Å²) in [7, 11) is 0. The van der Waals surface area contributed by atoms with Crippen molar-refractivity contribution in [3.8, 4) is 5.88 Å². The number of nitrogens with two attached hydrogens (primary N) is 1. The molecule has 2 aromatic heterocycles. The first kappa shape index (κ1) is 28.8. The Kier molecular flexibility index (Phi) is 7.84. The predicted octanol–water partition coefficient (Wildman–Crippen LogP) is 3.80. The largest absolute Gasteiger partial charge is 0.472 e. The monoisotopic (exact) mass is 612 g/mol. The highest BCUT2D eigenvalue weighted by atomic mass is 19.1. The van der Waals surface area contributed by atoms with E-state index in [-0.39, 0.29) is 35.2 Å². The van der Waals surface area contributed by atoms with Crippen LogP contribution in [0.1, 0.15) is 58.0 Å². The van der Waals surface area contributed by atoms with E-state index >= 15 is 4.39 Å². The number of amides is 2. The Morgan fingerprint density at radius 2 is 1.82 bits per heavy atom. The average Bonchev–Trinajstić information content (AvgIpc) is 3.91. The average molecular weight is 613 g/mol. The fourth-order valence-corrected chi connectivity index (χ4v) is 5.86. The normalized spacial score (nSPS) is 18.6. The summed E-state index contributed by atoms with van der Waals surface area (Å²) >= 11 is 0. The van der Waals surface area contributed by atoms with Crippen LogP contribution in [0, 0.1) is 5.82 Å². The molecular weight excluding hydrogens is 579 g/mol. The van der Waals surface area contributed by atoms with Crippen LogP contribution in [0.4, 0.5) is 21.8 Å². The molecule has 13 heteroatoms. The van der Waals surface area contributed by atoms with Crippen LogP contribution in [0.15, 0.2) is 48.7 Å². The molecule has 3 fully saturated rings. The third-order valence-electron chi connectivity index (χ3n) is 8.39. The molecule has 12 nitrogen and oxygen atoms in total. The van der Waals surface area contributed by atoms with Gasteiger partial charge >= 0.3 is 0 Å². The number of nitrogens with one attached hydrogen (secondary N) is 1. The van der Waals surface area contributed by atoms with Crippen LogP contribution in [-0.4, -0.2) is 82.4 Å². The van der Waals surface area contributed by atoms with Crippen LogP contribution in [0.2, 0.25) is 0 Å². The van der Waals surface area contributed by atoms with Gasteiger partial charge in [0.05, 0.1) is 25.1 Å². The first-order chi connectivity index (χ1) is 21.9. The van der Waals surface area contributed by atoms with E-state index in [1.165, 1.54) is 0 Å². The molecule has 0 bridgehead atoms. The van der Waals surface area contributed by atoms with Crippen LogP contribution >= 0.6 is 0 Å². The van der Waals surface area contributed by atoms with Crippen LogP contribution in [0.5, 0.6) is 5.88 Å². The standard InChI is InChI=1S/C32H33FN8O4/c33-25-17-22(19-3-4-19)16-21-9-10-35-30(26(21)25)45-24-2-1-11-41(18-24)32-37-29(27(28(34)42)38-39-32)36-23-7-5-20(6-8-23)31(43)40-12-14-44-15-13-40/h5-10,16-17,19,24H,1-4,11-15,18H2,(H2,34,42)(H,36,37,39). The summed E-state index contributed by atoms with van der Waals surface area (Å²) in [4.78, 5) is 37.6. The summed E-state index contributed by atoms with van der Waals surface area (Å²) in [5.74, 6) is -0.0367. The Morgan fingerprint density at radius 3 is 2.58 bits per heavy atom. The molecule has 4 aromatic rings. The number of ether oxygens (including phenoxy) is 2. The van der Waals surface area contributed by atoms with E-state index in [9.17, 15) is 9.59 Å². The van der Waals surface area contributed by atoms with Gasteiger partial charge in [0.1, 0.15) is 11.9 Å². The number of morpholine rings is 1. The lowest BCUT2D eigenvalue weighted by molar-refractivity contribution is 0.0303. The number of nitrogens with zero attached hydrogens (tertiary/aromatic N) is 6. The quantitative estimate of drug-likeness (QED) is 0.301. The van der Waals surface area contributed by atoms with E-state index in [1.807, 2.05) is 17.0 Å². The molecule has 3 aliphatic rings. The number of benzene rings is 2. The van der Waals surface area contributed by atoms with E-state index in [2.05, 4.69) is 25.5 Å². The summed E-state index contributed by atoms with van der Waals surface area (Å²) in [6.45, 7) is 3.19. The summed E-state index contributed by atoms with van der Waals surface area (Å²) in [5, 5.41) is 12.5. The summed E-state index contributed by atoms with van der Waals surface area (Å²) < 4.78 is 26.9. The number of anilines is 3. The van der Waals surface area contributed by atoms with Gasteiger partial charge in [-0.2, -0.15) is 4.98 Å². The van der Waals surface area contributed by atoms with E-state index < -0.39 is 5.91 Å². The van der Waals surface area contributed by atoms with Crippen molar-refractivity contribution < 1.29 is 23.5 Å². The lowest BCUT2D eigenvalue weighted by atomic mass is 10.0. The molecule has 45 heavy (non-hydrogen) atoms. The number of pyridine rings is 1. The zero-order chi connectivity index (χ0) is 30.9. The van der Waals surface area contributed by atoms with Crippen molar-refractivity contribution in [1.82, 2.24) is 25.1 Å². The Labute approximate surface area is 258 Å². The molecular formula is C32H33FN8O4. The van der Waals surface area contributed by atoms with Gasteiger partial charge in [-0.25, -0.2) is 9.37 Å². The molecule has 2 saturated heterocycles. The van der Waals surface area contributed by atoms with Crippen LogP contribution in [0.25, 0.3) is 10.8 Å². The zero-order valence-corrected chi connectivity index (χ0v) is 24.6. The molecule has 232 valence electrons. The Morgan fingerprint density at radius 1 is 1.02 bits per heavy atom. The van der Waals surface area contributed by atoms with E-state index in [0.717, 1.165) is 36.6 Å². The van der Waals surface area contributed by atoms with Gasteiger partial charge in [-0.3, -0.25) is 9.59 Å². The maximum Gasteiger partial charge on any atom is 0.273 e. The zero-order valence-electron chi connectivity index (χ0n) is 24.6. The lowest BCUT2D eigenvalue weighted by Gasteiger charge is -2.32. The number of hydrogen-bond acceptors (Lipinski definition) is 10. The second-order valence-electron chi connectivity index (χ2n) is 11.6. The number of halogens is 1. The summed E-state index contributed by atoms with van der Waals surface area (Å²) in [6, 6.07) is 12.3. The number of carbonyl (C=O) groups excluding carboxylic acids is 2. The van der Waals surface area contributed by atoms with Crippen molar-refractivity contribution in [2.24, 2.45) is 5.73 Å². The SMILES string of the molecule is NC(=O)c1nnc(N2CCCC(Oc3nccc4cc(C5CC5)cc(F)c34)C2)nc1Nc1ccc(C(=O)N2CCOCC2)cc1. The minimum atomic E-state index is -0.781. The van der Waals surface area contributed by atoms with Crippen LogP contribution in [-0.2, 0) is 4.74 Å². The first-order valence-electron chi connectivity index (χ1n) is 15.2. The number of hydrogen-bond donors (Lipinski definition) is 2. The predicted molar refractivity (Wildman–Crippen MR) is 164 cm³/mol. The van der Waals surface area contributed by atoms with Crippen molar-refractivity contribution in [3.63, 3.8) is 0 Å². The Balaban J connectivity index is 1.07. The molecule has 0 radical (unpaired) electrons. The van der Waals surface area contributed by atoms with E-state index in [0.29, 0.717) is 67.9 Å². The highest BCUT2D eigenvalue weighted by Gasteiger charge is 2.28. The van der Waals surface area contributed by atoms with Gasteiger partial charge in [0.25, 0.3) is 11.8 Å². The molecule has 1 atom stereocenters. The van der Waals surface area contributed by atoms with Gasteiger partial charge in [-0.05, 0) is 78.9 Å². The summed E-state index contributed by atoms with van der Waals surface area (Å²) in [5.41, 5.74) is 7.63. The molecule has 3 N–H and O–H groups in total. The molecule has 0 spiro atoms. The first-order valence-corrected chi connectivity index (χ1v) is 15.2. The van der Waals surface area contributed by atoms with Crippen molar-refractivity contribution in [2.75, 3.05) is 49.6 Å². The van der Waals surface area contributed by atoms with Gasteiger partial charge in [0, 0.05) is 37.1 Å². The number of primary amides is 1. The maximum atomic E-state index is 15.2. The maximum absolute atomic E-state index is 15.2. The second kappa shape index (κ2) is 12.2. The second-order valence-corrected chi connectivity index (χ2v) is 11.6. The number of piperidine rings is 1.